The maximum atomic E-state index is 11.5. The Morgan fingerprint density at radius 3 is 2.47 bits per heavy atom. The molecule has 0 amide bonds. The van der Waals surface area contributed by atoms with Gasteiger partial charge in [0.1, 0.15) is 5.75 Å². The van der Waals surface area contributed by atoms with Crippen molar-refractivity contribution in [2.24, 2.45) is 0 Å². The Balaban J connectivity index is 2.83. The molecule has 2 aromatic carbocycles. The molecule has 0 saturated heterocycles. The third kappa shape index (κ3) is 1.50. The number of benzene rings is 2. The van der Waals surface area contributed by atoms with Gasteiger partial charge in [-0.05, 0) is 23.6 Å². The summed E-state index contributed by atoms with van der Waals surface area (Å²) in [6, 6.07) is 10.4. The summed E-state index contributed by atoms with van der Waals surface area (Å²) < 4.78 is 0. The van der Waals surface area contributed by atoms with E-state index in [1.54, 1.807) is 12.1 Å². The Morgan fingerprint density at radius 2 is 1.80 bits per heavy atom. The van der Waals surface area contributed by atoms with E-state index in [1.165, 1.54) is 12.1 Å². The molecule has 0 aliphatic heterocycles. The minimum absolute atomic E-state index is 0.133. The zero-order valence-electron chi connectivity index (χ0n) is 8.10. The summed E-state index contributed by atoms with van der Waals surface area (Å²) in [6.07, 6.45) is 1.28. The molecule has 0 bridgehead atoms. The first kappa shape index (κ1) is 9.46. The van der Waals surface area contributed by atoms with Gasteiger partial charge in [-0.2, -0.15) is 0 Å². The highest BCUT2D eigenvalue weighted by molar-refractivity contribution is 6.14. The standard InChI is InChI=1S/C13H10O2/c1-2-12(14)11-7-8-13(15)10-6-4-3-5-9(10)11/h2-8,15H,1H2. The maximum absolute atomic E-state index is 11.5. The summed E-state index contributed by atoms with van der Waals surface area (Å²) >= 11 is 0. The predicted molar refractivity (Wildman–Crippen MR) is 60.1 cm³/mol. The fourth-order valence-electron chi connectivity index (χ4n) is 1.61. The van der Waals surface area contributed by atoms with Crippen LogP contribution in [-0.2, 0) is 0 Å². The van der Waals surface area contributed by atoms with Crippen LogP contribution in [0.15, 0.2) is 49.1 Å². The second-order valence-corrected chi connectivity index (χ2v) is 3.25. The zero-order valence-corrected chi connectivity index (χ0v) is 8.10. The average molecular weight is 198 g/mol. The van der Waals surface area contributed by atoms with Crippen LogP contribution in [0.4, 0.5) is 0 Å². The molecule has 2 aromatic rings. The van der Waals surface area contributed by atoms with Crippen LogP contribution in [0.1, 0.15) is 10.4 Å². The van der Waals surface area contributed by atoms with E-state index in [-0.39, 0.29) is 11.5 Å². The summed E-state index contributed by atoms with van der Waals surface area (Å²) in [6.45, 7) is 3.45. The molecular formula is C13H10O2. The van der Waals surface area contributed by atoms with Gasteiger partial charge in [0, 0.05) is 10.9 Å². The number of rotatable bonds is 2. The first-order valence-corrected chi connectivity index (χ1v) is 4.61. The van der Waals surface area contributed by atoms with Crippen molar-refractivity contribution in [3.8, 4) is 5.75 Å². The van der Waals surface area contributed by atoms with Crippen molar-refractivity contribution in [2.45, 2.75) is 0 Å². The van der Waals surface area contributed by atoms with E-state index in [1.807, 2.05) is 18.2 Å². The van der Waals surface area contributed by atoms with Crippen LogP contribution in [0.25, 0.3) is 10.8 Å². The molecule has 2 heteroatoms. The number of ketones is 1. The molecule has 15 heavy (non-hydrogen) atoms. The molecular weight excluding hydrogens is 188 g/mol. The normalized spacial score (nSPS) is 10.1. The minimum atomic E-state index is -0.133. The van der Waals surface area contributed by atoms with Gasteiger partial charge in [-0.25, -0.2) is 0 Å². The Labute approximate surface area is 87.5 Å². The van der Waals surface area contributed by atoms with Crippen molar-refractivity contribution in [1.82, 2.24) is 0 Å². The van der Waals surface area contributed by atoms with Gasteiger partial charge in [-0.3, -0.25) is 4.79 Å². The fourth-order valence-corrected chi connectivity index (χ4v) is 1.61. The fraction of sp³-hybridized carbons (Fsp3) is 0. The van der Waals surface area contributed by atoms with Crippen molar-refractivity contribution in [3.05, 3.63) is 54.6 Å². The highest BCUT2D eigenvalue weighted by Gasteiger charge is 2.08. The van der Waals surface area contributed by atoms with Gasteiger partial charge < -0.3 is 5.11 Å². The topological polar surface area (TPSA) is 37.3 Å². The molecule has 1 N–H and O–H groups in total. The second kappa shape index (κ2) is 3.58. The average Bonchev–Trinajstić information content (AvgIpc) is 2.29. The first-order chi connectivity index (χ1) is 7.24. The Hall–Kier alpha value is -2.09. The number of carbonyl (C=O) groups is 1. The molecule has 0 saturated carbocycles. The molecule has 0 spiro atoms. The van der Waals surface area contributed by atoms with Crippen LogP contribution in [0.3, 0.4) is 0 Å². The summed E-state index contributed by atoms with van der Waals surface area (Å²) in [7, 11) is 0. The molecule has 0 atom stereocenters. The molecule has 74 valence electrons. The largest absolute Gasteiger partial charge is 0.507 e. The predicted octanol–water partition coefficient (Wildman–Crippen LogP) is 2.91. The first-order valence-electron chi connectivity index (χ1n) is 4.61. The maximum Gasteiger partial charge on any atom is 0.185 e. The van der Waals surface area contributed by atoms with E-state index < -0.39 is 0 Å². The molecule has 0 radical (unpaired) electrons. The second-order valence-electron chi connectivity index (χ2n) is 3.25. The van der Waals surface area contributed by atoms with E-state index in [2.05, 4.69) is 6.58 Å². The van der Waals surface area contributed by atoms with Crippen molar-refractivity contribution in [3.63, 3.8) is 0 Å². The summed E-state index contributed by atoms with van der Waals surface area (Å²) in [5, 5.41) is 11.1. The number of fused-ring (bicyclic) bond motifs is 1. The lowest BCUT2D eigenvalue weighted by molar-refractivity contribution is 0.104. The van der Waals surface area contributed by atoms with Crippen molar-refractivity contribution in [2.75, 3.05) is 0 Å². The van der Waals surface area contributed by atoms with Crippen LogP contribution in [0, 0.1) is 0 Å². The Kier molecular flexibility index (Phi) is 2.26. The van der Waals surface area contributed by atoms with Gasteiger partial charge >= 0.3 is 0 Å². The number of hydrogen-bond donors (Lipinski definition) is 1. The smallest absolute Gasteiger partial charge is 0.185 e. The van der Waals surface area contributed by atoms with Crippen LogP contribution >= 0.6 is 0 Å². The quantitative estimate of drug-likeness (QED) is 0.595. The minimum Gasteiger partial charge on any atom is -0.507 e. The summed E-state index contributed by atoms with van der Waals surface area (Å²) in [4.78, 5) is 11.5. The number of phenolic OH excluding ortho intramolecular Hbond substituents is 1. The van der Waals surface area contributed by atoms with Gasteiger partial charge in [0.2, 0.25) is 0 Å². The van der Waals surface area contributed by atoms with Gasteiger partial charge in [-0.15, -0.1) is 0 Å². The lowest BCUT2D eigenvalue weighted by Gasteiger charge is -2.04. The van der Waals surface area contributed by atoms with E-state index in [0.29, 0.717) is 10.9 Å². The highest BCUT2D eigenvalue weighted by atomic mass is 16.3. The van der Waals surface area contributed by atoms with Gasteiger partial charge in [0.05, 0.1) is 0 Å². The number of aromatic hydroxyl groups is 1. The molecule has 0 aliphatic carbocycles. The number of carbonyl (C=O) groups excluding carboxylic acids is 1. The molecule has 0 aromatic heterocycles. The monoisotopic (exact) mass is 198 g/mol. The highest BCUT2D eigenvalue weighted by Crippen LogP contribution is 2.27. The number of allylic oxidation sites excluding steroid dienone is 1. The molecule has 2 rings (SSSR count). The molecule has 0 aliphatic rings. The van der Waals surface area contributed by atoms with Gasteiger partial charge in [0.25, 0.3) is 0 Å². The van der Waals surface area contributed by atoms with Crippen molar-refractivity contribution < 1.29 is 9.90 Å². The van der Waals surface area contributed by atoms with Crippen molar-refractivity contribution in [1.29, 1.82) is 0 Å². The van der Waals surface area contributed by atoms with E-state index in [9.17, 15) is 9.90 Å². The van der Waals surface area contributed by atoms with Gasteiger partial charge in [-0.1, -0.05) is 30.8 Å². The van der Waals surface area contributed by atoms with Crippen LogP contribution in [0.2, 0.25) is 0 Å². The molecule has 0 unspecified atom stereocenters. The lowest BCUT2D eigenvalue weighted by Crippen LogP contribution is -1.94. The third-order valence-electron chi connectivity index (χ3n) is 2.35. The Bertz CT molecular complexity index is 541. The summed E-state index contributed by atoms with van der Waals surface area (Å²) in [5.41, 5.74) is 0.568. The van der Waals surface area contributed by atoms with Crippen LogP contribution in [0.5, 0.6) is 5.75 Å². The zero-order chi connectivity index (χ0) is 10.8. The molecule has 0 heterocycles. The number of phenols is 1. The van der Waals surface area contributed by atoms with Gasteiger partial charge in [0.15, 0.2) is 5.78 Å². The van der Waals surface area contributed by atoms with E-state index in [0.717, 1.165) is 5.39 Å². The SMILES string of the molecule is C=CC(=O)c1ccc(O)c2ccccc12. The number of hydrogen-bond acceptors (Lipinski definition) is 2. The van der Waals surface area contributed by atoms with Crippen LogP contribution < -0.4 is 0 Å². The molecule has 2 nitrogen and oxygen atoms in total. The van der Waals surface area contributed by atoms with E-state index in [4.69, 9.17) is 0 Å². The van der Waals surface area contributed by atoms with Crippen molar-refractivity contribution >= 4 is 16.6 Å². The van der Waals surface area contributed by atoms with Crippen LogP contribution in [-0.4, -0.2) is 10.9 Å². The van der Waals surface area contributed by atoms with E-state index >= 15 is 0 Å². The Morgan fingerprint density at radius 1 is 1.13 bits per heavy atom. The molecule has 0 fully saturated rings. The third-order valence-corrected chi connectivity index (χ3v) is 2.35. The summed E-state index contributed by atoms with van der Waals surface area (Å²) in [5.74, 6) is 0.0532. The lowest BCUT2D eigenvalue weighted by atomic mass is 10.0.